The highest BCUT2D eigenvalue weighted by Gasteiger charge is 2.30. The minimum Gasteiger partial charge on any atom is -0.316 e. The molecule has 0 saturated carbocycles. The van der Waals surface area contributed by atoms with Crippen molar-refractivity contribution in [3.05, 3.63) is 12.2 Å². The van der Waals surface area contributed by atoms with Crippen LogP contribution in [0.25, 0.3) is 0 Å². The van der Waals surface area contributed by atoms with Crippen LogP contribution in [-0.4, -0.2) is 27.9 Å². The molecule has 0 spiro atoms. The van der Waals surface area contributed by atoms with Gasteiger partial charge in [0.05, 0.1) is 0 Å². The third-order valence-corrected chi connectivity index (χ3v) is 4.41. The van der Waals surface area contributed by atoms with Crippen LogP contribution in [-0.2, 0) is 6.42 Å². The first-order chi connectivity index (χ1) is 10.1. The zero-order valence-corrected chi connectivity index (χ0v) is 14.7. The summed E-state index contributed by atoms with van der Waals surface area (Å²) in [6, 6.07) is 0.381. The Balaban J connectivity index is 2.85. The van der Waals surface area contributed by atoms with Gasteiger partial charge in [-0.2, -0.15) is 5.10 Å². The molecule has 0 aliphatic heterocycles. The van der Waals surface area contributed by atoms with Crippen LogP contribution in [0.4, 0.5) is 0 Å². The average Bonchev–Trinajstić information content (AvgIpc) is 2.93. The predicted octanol–water partition coefficient (Wildman–Crippen LogP) is 3.99. The van der Waals surface area contributed by atoms with Crippen LogP contribution >= 0.6 is 0 Å². The van der Waals surface area contributed by atoms with E-state index in [2.05, 4.69) is 54.7 Å². The lowest BCUT2D eigenvalue weighted by atomic mass is 9.76. The molecule has 1 N–H and O–H groups in total. The molecule has 1 aromatic rings. The van der Waals surface area contributed by atoms with Crippen molar-refractivity contribution < 1.29 is 0 Å². The standard InChI is InChI=1S/C17H34N4/c1-6-9-10-17(8-3,13-18-11-7-2)12-16-19-14-20-21(16)15(4)5/h14-15,18H,6-13H2,1-5H3. The molecule has 1 rings (SSSR count). The maximum atomic E-state index is 4.53. The Morgan fingerprint density at radius 1 is 1.24 bits per heavy atom. The zero-order valence-electron chi connectivity index (χ0n) is 14.7. The van der Waals surface area contributed by atoms with E-state index in [0.29, 0.717) is 11.5 Å². The van der Waals surface area contributed by atoms with E-state index in [1.165, 1.54) is 32.1 Å². The minimum atomic E-state index is 0.310. The van der Waals surface area contributed by atoms with Crippen molar-refractivity contribution in [1.82, 2.24) is 20.1 Å². The number of hydrogen-bond acceptors (Lipinski definition) is 3. The Kier molecular flexibility index (Phi) is 7.94. The van der Waals surface area contributed by atoms with Gasteiger partial charge in [0.2, 0.25) is 0 Å². The summed E-state index contributed by atoms with van der Waals surface area (Å²) < 4.78 is 2.08. The molecule has 0 bridgehead atoms. The highest BCUT2D eigenvalue weighted by Crippen LogP contribution is 2.32. The Bertz CT molecular complexity index is 386. The second kappa shape index (κ2) is 9.19. The lowest BCUT2D eigenvalue weighted by molar-refractivity contribution is 0.220. The summed E-state index contributed by atoms with van der Waals surface area (Å²) in [5, 5.41) is 8.04. The lowest BCUT2D eigenvalue weighted by Gasteiger charge is -2.33. The molecule has 21 heavy (non-hydrogen) atoms. The van der Waals surface area contributed by atoms with Crippen LogP contribution in [0.2, 0.25) is 0 Å². The Morgan fingerprint density at radius 3 is 2.57 bits per heavy atom. The first-order valence-electron chi connectivity index (χ1n) is 8.67. The molecule has 0 amide bonds. The average molecular weight is 294 g/mol. The fourth-order valence-electron chi connectivity index (χ4n) is 2.92. The molecule has 0 aliphatic rings. The summed E-state index contributed by atoms with van der Waals surface area (Å²) in [6.45, 7) is 13.4. The van der Waals surface area contributed by atoms with Crippen molar-refractivity contribution in [2.45, 2.75) is 79.2 Å². The Morgan fingerprint density at radius 2 is 2.00 bits per heavy atom. The number of aromatic nitrogens is 3. The summed E-state index contributed by atoms with van der Waals surface area (Å²) in [6.07, 6.45) is 8.92. The first-order valence-corrected chi connectivity index (χ1v) is 8.67. The zero-order chi connectivity index (χ0) is 15.7. The van der Waals surface area contributed by atoms with E-state index in [-0.39, 0.29) is 0 Å². The topological polar surface area (TPSA) is 42.7 Å². The van der Waals surface area contributed by atoms with Gasteiger partial charge in [0.25, 0.3) is 0 Å². The van der Waals surface area contributed by atoms with Crippen LogP contribution in [0.15, 0.2) is 6.33 Å². The fraction of sp³-hybridized carbons (Fsp3) is 0.882. The van der Waals surface area contributed by atoms with Gasteiger partial charge in [-0.25, -0.2) is 9.67 Å². The van der Waals surface area contributed by atoms with Gasteiger partial charge in [-0.15, -0.1) is 0 Å². The molecule has 0 saturated heterocycles. The molecular weight excluding hydrogens is 260 g/mol. The molecule has 0 fully saturated rings. The summed E-state index contributed by atoms with van der Waals surface area (Å²) in [7, 11) is 0. The summed E-state index contributed by atoms with van der Waals surface area (Å²) in [4.78, 5) is 4.53. The van der Waals surface area contributed by atoms with Gasteiger partial charge < -0.3 is 5.32 Å². The van der Waals surface area contributed by atoms with Crippen molar-refractivity contribution in [3.63, 3.8) is 0 Å². The molecule has 1 unspecified atom stereocenters. The maximum Gasteiger partial charge on any atom is 0.138 e. The van der Waals surface area contributed by atoms with Crippen LogP contribution < -0.4 is 5.32 Å². The van der Waals surface area contributed by atoms with Gasteiger partial charge in [-0.3, -0.25) is 0 Å². The van der Waals surface area contributed by atoms with Crippen LogP contribution in [0.1, 0.15) is 78.6 Å². The molecule has 0 aliphatic carbocycles. The van der Waals surface area contributed by atoms with Crippen LogP contribution in [0.3, 0.4) is 0 Å². The third-order valence-electron chi connectivity index (χ3n) is 4.41. The first kappa shape index (κ1) is 18.1. The Labute approximate surface area is 130 Å². The minimum absolute atomic E-state index is 0.310. The monoisotopic (exact) mass is 294 g/mol. The van der Waals surface area contributed by atoms with Gasteiger partial charge in [0.1, 0.15) is 12.2 Å². The number of unbranched alkanes of at least 4 members (excludes halogenated alkanes) is 1. The van der Waals surface area contributed by atoms with E-state index in [4.69, 9.17) is 0 Å². The normalized spacial score (nSPS) is 14.6. The number of hydrogen-bond donors (Lipinski definition) is 1. The summed E-state index contributed by atoms with van der Waals surface area (Å²) in [5.74, 6) is 1.14. The van der Waals surface area contributed by atoms with Crippen LogP contribution in [0.5, 0.6) is 0 Å². The molecule has 4 nitrogen and oxygen atoms in total. The molecule has 1 atom stereocenters. The van der Waals surface area contributed by atoms with Crippen molar-refractivity contribution in [1.29, 1.82) is 0 Å². The van der Waals surface area contributed by atoms with Crippen LogP contribution in [0, 0.1) is 5.41 Å². The van der Waals surface area contributed by atoms with E-state index in [1.807, 2.05) is 0 Å². The molecule has 0 radical (unpaired) electrons. The second-order valence-electron chi connectivity index (χ2n) is 6.53. The summed E-state index contributed by atoms with van der Waals surface area (Å²) >= 11 is 0. The molecule has 1 heterocycles. The SMILES string of the molecule is CCCCC(CC)(CNCCC)Cc1ncnn1C(C)C. The lowest BCUT2D eigenvalue weighted by Crippen LogP contribution is -2.37. The summed E-state index contributed by atoms with van der Waals surface area (Å²) in [5.41, 5.74) is 0.310. The molecule has 122 valence electrons. The molecule has 1 aromatic heterocycles. The number of nitrogens with zero attached hydrogens (tertiary/aromatic N) is 3. The van der Waals surface area contributed by atoms with Gasteiger partial charge in [-0.1, -0.05) is 33.6 Å². The highest BCUT2D eigenvalue weighted by atomic mass is 15.3. The van der Waals surface area contributed by atoms with Gasteiger partial charge in [-0.05, 0) is 45.1 Å². The highest BCUT2D eigenvalue weighted by molar-refractivity contribution is 4.96. The smallest absolute Gasteiger partial charge is 0.138 e. The van der Waals surface area contributed by atoms with E-state index in [9.17, 15) is 0 Å². The van der Waals surface area contributed by atoms with Crippen molar-refractivity contribution in [2.24, 2.45) is 5.41 Å². The number of rotatable bonds is 11. The van der Waals surface area contributed by atoms with Crippen molar-refractivity contribution >= 4 is 0 Å². The van der Waals surface area contributed by atoms with E-state index in [1.54, 1.807) is 6.33 Å². The molecule has 4 heteroatoms. The van der Waals surface area contributed by atoms with E-state index >= 15 is 0 Å². The quantitative estimate of drug-likeness (QED) is 0.628. The van der Waals surface area contributed by atoms with Crippen molar-refractivity contribution in [3.8, 4) is 0 Å². The maximum absolute atomic E-state index is 4.53. The van der Waals surface area contributed by atoms with Gasteiger partial charge >= 0.3 is 0 Å². The Hall–Kier alpha value is -0.900. The number of nitrogens with one attached hydrogen (secondary N) is 1. The van der Waals surface area contributed by atoms with Crippen molar-refractivity contribution in [2.75, 3.05) is 13.1 Å². The molecular formula is C17H34N4. The molecule has 0 aromatic carbocycles. The third kappa shape index (κ3) is 5.42. The van der Waals surface area contributed by atoms with E-state index < -0.39 is 0 Å². The fourth-order valence-corrected chi connectivity index (χ4v) is 2.92. The second-order valence-corrected chi connectivity index (χ2v) is 6.53. The largest absolute Gasteiger partial charge is 0.316 e. The van der Waals surface area contributed by atoms with Gasteiger partial charge in [0.15, 0.2) is 0 Å². The van der Waals surface area contributed by atoms with E-state index in [0.717, 1.165) is 25.3 Å². The predicted molar refractivity (Wildman–Crippen MR) is 89.5 cm³/mol. The van der Waals surface area contributed by atoms with Gasteiger partial charge in [0, 0.05) is 19.0 Å².